The first-order valence-electron chi connectivity index (χ1n) is 6.46. The summed E-state index contributed by atoms with van der Waals surface area (Å²) in [4.78, 5) is 18.2. The Hall–Kier alpha value is -1.28. The number of aromatic nitrogens is 1. The maximum atomic E-state index is 11.4. The molecular weight excluding hydrogens is 292 g/mol. The van der Waals surface area contributed by atoms with Crippen LogP contribution in [-0.2, 0) is 13.1 Å². The van der Waals surface area contributed by atoms with Crippen molar-refractivity contribution in [1.82, 2.24) is 15.3 Å². The predicted octanol–water partition coefficient (Wildman–Crippen LogP) is 1.97. The third-order valence-corrected chi connectivity index (χ3v) is 4.89. The van der Waals surface area contributed by atoms with Gasteiger partial charge in [0, 0.05) is 24.5 Å². The van der Waals surface area contributed by atoms with Crippen molar-refractivity contribution in [3.05, 3.63) is 38.5 Å². The summed E-state index contributed by atoms with van der Waals surface area (Å²) < 4.78 is 0. The number of nitrogens with zero attached hydrogens (tertiary/aromatic N) is 2. The topological polar surface area (TPSA) is 71.2 Å². The SMILES string of the molecule is NNC(=O)c1nc(CN(Cc2ccsc2)C2CC2)cs1. The Morgan fingerprint density at radius 2 is 2.30 bits per heavy atom. The number of amides is 1. The van der Waals surface area contributed by atoms with E-state index in [2.05, 4.69) is 32.1 Å². The Morgan fingerprint density at radius 3 is 2.95 bits per heavy atom. The minimum Gasteiger partial charge on any atom is -0.290 e. The molecule has 2 heterocycles. The molecule has 1 aliphatic carbocycles. The zero-order valence-electron chi connectivity index (χ0n) is 10.9. The third-order valence-electron chi connectivity index (χ3n) is 3.27. The summed E-state index contributed by atoms with van der Waals surface area (Å²) in [7, 11) is 0. The summed E-state index contributed by atoms with van der Waals surface area (Å²) in [6.45, 7) is 1.74. The van der Waals surface area contributed by atoms with Gasteiger partial charge in [-0.25, -0.2) is 10.8 Å². The highest BCUT2D eigenvalue weighted by molar-refractivity contribution is 7.11. The normalized spacial score (nSPS) is 14.7. The number of hydrazine groups is 1. The Kier molecular flexibility index (Phi) is 4.11. The van der Waals surface area contributed by atoms with E-state index in [1.54, 1.807) is 11.3 Å². The second-order valence-electron chi connectivity index (χ2n) is 4.89. The van der Waals surface area contributed by atoms with Gasteiger partial charge in [-0.1, -0.05) is 0 Å². The van der Waals surface area contributed by atoms with Crippen LogP contribution in [0.4, 0.5) is 0 Å². The maximum Gasteiger partial charge on any atom is 0.294 e. The van der Waals surface area contributed by atoms with Crippen LogP contribution in [0.3, 0.4) is 0 Å². The summed E-state index contributed by atoms with van der Waals surface area (Å²) in [5, 5.41) is 6.65. The molecule has 0 bridgehead atoms. The van der Waals surface area contributed by atoms with Gasteiger partial charge in [0.2, 0.25) is 0 Å². The lowest BCUT2D eigenvalue weighted by atomic mass is 10.3. The fourth-order valence-electron chi connectivity index (χ4n) is 2.12. The number of nitrogens with one attached hydrogen (secondary N) is 1. The monoisotopic (exact) mass is 308 g/mol. The Labute approximate surface area is 125 Å². The van der Waals surface area contributed by atoms with Crippen LogP contribution >= 0.6 is 22.7 Å². The van der Waals surface area contributed by atoms with Crippen LogP contribution < -0.4 is 11.3 Å². The number of hydrogen-bond acceptors (Lipinski definition) is 6. The number of rotatable bonds is 6. The standard InChI is InChI=1S/C13H16N4OS2/c14-16-12(18)13-15-10(8-20-13)6-17(11-1-2-11)5-9-3-4-19-7-9/h3-4,7-8,11H,1-2,5-6,14H2,(H,16,18). The molecule has 0 unspecified atom stereocenters. The largest absolute Gasteiger partial charge is 0.294 e. The summed E-state index contributed by atoms with van der Waals surface area (Å²) in [5.41, 5.74) is 4.40. The molecule has 1 fully saturated rings. The van der Waals surface area contributed by atoms with Gasteiger partial charge in [-0.15, -0.1) is 11.3 Å². The molecule has 20 heavy (non-hydrogen) atoms. The molecule has 2 aromatic heterocycles. The molecule has 106 valence electrons. The Balaban J connectivity index is 1.67. The second kappa shape index (κ2) is 6.01. The van der Waals surface area contributed by atoms with Crippen molar-refractivity contribution in [3.8, 4) is 0 Å². The fourth-order valence-corrected chi connectivity index (χ4v) is 3.50. The van der Waals surface area contributed by atoms with E-state index in [1.165, 1.54) is 29.7 Å². The molecule has 1 aliphatic rings. The first kappa shape index (κ1) is 13.7. The molecule has 5 nitrogen and oxygen atoms in total. The average Bonchev–Trinajstić information content (AvgIpc) is 2.99. The van der Waals surface area contributed by atoms with Crippen molar-refractivity contribution < 1.29 is 4.79 Å². The number of thiophene rings is 1. The van der Waals surface area contributed by atoms with E-state index >= 15 is 0 Å². The Morgan fingerprint density at radius 1 is 1.45 bits per heavy atom. The average molecular weight is 308 g/mol. The fraction of sp³-hybridized carbons (Fsp3) is 0.385. The summed E-state index contributed by atoms with van der Waals surface area (Å²) in [5.74, 6) is 4.80. The number of carbonyl (C=O) groups is 1. The van der Waals surface area contributed by atoms with E-state index in [0.29, 0.717) is 11.0 Å². The minimum absolute atomic E-state index is 0.322. The molecule has 7 heteroatoms. The van der Waals surface area contributed by atoms with Gasteiger partial charge in [0.25, 0.3) is 5.91 Å². The van der Waals surface area contributed by atoms with Crippen molar-refractivity contribution in [2.75, 3.05) is 0 Å². The summed E-state index contributed by atoms with van der Waals surface area (Å²) >= 11 is 3.06. The van der Waals surface area contributed by atoms with Crippen LogP contribution in [0.1, 0.15) is 33.9 Å². The van der Waals surface area contributed by atoms with E-state index in [0.717, 1.165) is 18.8 Å². The Bertz CT molecular complexity index is 577. The van der Waals surface area contributed by atoms with Gasteiger partial charge < -0.3 is 0 Å². The van der Waals surface area contributed by atoms with Gasteiger partial charge in [0.15, 0.2) is 5.01 Å². The molecule has 0 saturated heterocycles. The molecule has 2 aromatic rings. The van der Waals surface area contributed by atoms with Crippen LogP contribution in [0.5, 0.6) is 0 Å². The molecule has 1 amide bonds. The van der Waals surface area contributed by atoms with E-state index < -0.39 is 0 Å². The summed E-state index contributed by atoms with van der Waals surface area (Å²) in [6, 6.07) is 2.82. The van der Waals surface area contributed by atoms with Crippen LogP contribution in [0.15, 0.2) is 22.2 Å². The maximum absolute atomic E-state index is 11.4. The number of thiazole rings is 1. The van der Waals surface area contributed by atoms with Crippen LogP contribution in [0.2, 0.25) is 0 Å². The van der Waals surface area contributed by atoms with Crippen LogP contribution in [0, 0.1) is 0 Å². The van der Waals surface area contributed by atoms with Crippen molar-refractivity contribution in [1.29, 1.82) is 0 Å². The van der Waals surface area contributed by atoms with Gasteiger partial charge in [0.1, 0.15) is 0 Å². The molecule has 0 atom stereocenters. The summed E-state index contributed by atoms with van der Waals surface area (Å²) in [6.07, 6.45) is 2.51. The van der Waals surface area contributed by atoms with Crippen LogP contribution in [0.25, 0.3) is 0 Å². The van der Waals surface area contributed by atoms with Crippen LogP contribution in [-0.4, -0.2) is 21.8 Å². The molecule has 0 radical (unpaired) electrons. The van der Waals surface area contributed by atoms with Gasteiger partial charge in [-0.2, -0.15) is 11.3 Å². The molecular formula is C13H16N4OS2. The van der Waals surface area contributed by atoms with Gasteiger partial charge in [-0.3, -0.25) is 15.1 Å². The lowest BCUT2D eigenvalue weighted by Crippen LogP contribution is -2.30. The van der Waals surface area contributed by atoms with E-state index in [1.807, 2.05) is 5.38 Å². The number of hydrogen-bond donors (Lipinski definition) is 2. The van der Waals surface area contributed by atoms with E-state index in [-0.39, 0.29) is 5.91 Å². The number of nitrogens with two attached hydrogens (primary N) is 1. The lowest BCUT2D eigenvalue weighted by molar-refractivity contribution is 0.0953. The van der Waals surface area contributed by atoms with Gasteiger partial charge >= 0.3 is 0 Å². The first-order valence-corrected chi connectivity index (χ1v) is 8.29. The van der Waals surface area contributed by atoms with Crippen molar-refractivity contribution in [2.45, 2.75) is 32.0 Å². The van der Waals surface area contributed by atoms with E-state index in [9.17, 15) is 4.79 Å². The molecule has 3 rings (SSSR count). The number of carbonyl (C=O) groups excluding carboxylic acids is 1. The van der Waals surface area contributed by atoms with Crippen molar-refractivity contribution in [3.63, 3.8) is 0 Å². The zero-order valence-corrected chi connectivity index (χ0v) is 12.5. The van der Waals surface area contributed by atoms with Gasteiger partial charge in [0.05, 0.1) is 5.69 Å². The molecule has 1 saturated carbocycles. The quantitative estimate of drug-likeness (QED) is 0.486. The lowest BCUT2D eigenvalue weighted by Gasteiger charge is -2.20. The predicted molar refractivity (Wildman–Crippen MR) is 80.4 cm³/mol. The molecule has 0 spiro atoms. The molecule has 3 N–H and O–H groups in total. The minimum atomic E-state index is -0.322. The van der Waals surface area contributed by atoms with E-state index in [4.69, 9.17) is 5.84 Å². The second-order valence-corrected chi connectivity index (χ2v) is 6.52. The molecule has 0 aliphatic heterocycles. The highest BCUT2D eigenvalue weighted by Gasteiger charge is 2.29. The third kappa shape index (κ3) is 3.24. The highest BCUT2D eigenvalue weighted by atomic mass is 32.1. The van der Waals surface area contributed by atoms with Gasteiger partial charge in [-0.05, 0) is 35.2 Å². The zero-order chi connectivity index (χ0) is 13.9. The smallest absolute Gasteiger partial charge is 0.290 e. The van der Waals surface area contributed by atoms with Crippen molar-refractivity contribution >= 4 is 28.6 Å². The highest BCUT2D eigenvalue weighted by Crippen LogP contribution is 2.30. The first-order chi connectivity index (χ1) is 9.76. The van der Waals surface area contributed by atoms with Crippen molar-refractivity contribution in [2.24, 2.45) is 5.84 Å². The molecule has 0 aromatic carbocycles. The number of nitrogen functional groups attached to an aromatic ring is 1.